The van der Waals surface area contributed by atoms with E-state index < -0.39 is 0 Å². The van der Waals surface area contributed by atoms with E-state index in [0.29, 0.717) is 11.2 Å². The van der Waals surface area contributed by atoms with Gasteiger partial charge in [-0.05, 0) is 19.1 Å². The van der Waals surface area contributed by atoms with Crippen molar-refractivity contribution < 1.29 is 0 Å². The van der Waals surface area contributed by atoms with Crippen LogP contribution in [-0.4, -0.2) is 14.6 Å². The van der Waals surface area contributed by atoms with Gasteiger partial charge < -0.3 is 0 Å². The van der Waals surface area contributed by atoms with Gasteiger partial charge in [0.1, 0.15) is 12.4 Å². The summed E-state index contributed by atoms with van der Waals surface area (Å²) in [5.74, 6) is 0. The van der Waals surface area contributed by atoms with Crippen molar-refractivity contribution in [1.82, 2.24) is 14.6 Å². The zero-order chi connectivity index (χ0) is 8.55. The van der Waals surface area contributed by atoms with Crippen LogP contribution in [0.2, 0.25) is 0 Å². The molecule has 0 saturated heterocycles. The summed E-state index contributed by atoms with van der Waals surface area (Å²) in [5, 5.41) is 16.3. The van der Waals surface area contributed by atoms with Crippen molar-refractivity contribution in [2.45, 2.75) is 6.92 Å². The molecule has 0 unspecified atom stereocenters. The van der Waals surface area contributed by atoms with Crippen molar-refractivity contribution in [3.63, 3.8) is 0 Å². The molecule has 2 heterocycles. The predicted molar refractivity (Wildman–Crippen MR) is 42.4 cm³/mol. The first-order valence-corrected chi connectivity index (χ1v) is 3.52. The topological polar surface area (TPSA) is 54.0 Å². The summed E-state index contributed by atoms with van der Waals surface area (Å²) in [4.78, 5) is 0. The Kier molecular flexibility index (Phi) is 1.31. The lowest BCUT2D eigenvalue weighted by Gasteiger charge is -1.97. The fourth-order valence-electron chi connectivity index (χ4n) is 1.12. The molecule has 0 N–H and O–H groups in total. The third-order valence-electron chi connectivity index (χ3n) is 1.78. The Morgan fingerprint density at radius 2 is 2.33 bits per heavy atom. The summed E-state index contributed by atoms with van der Waals surface area (Å²) < 4.78 is 1.79. The minimum atomic E-state index is 0.554. The Bertz CT molecular complexity index is 463. The maximum absolute atomic E-state index is 8.71. The fourth-order valence-corrected chi connectivity index (χ4v) is 1.12. The Balaban J connectivity index is 2.94. The fraction of sp³-hybridized carbons (Fsp3) is 0.125. The summed E-state index contributed by atoms with van der Waals surface area (Å²) >= 11 is 0. The summed E-state index contributed by atoms with van der Waals surface area (Å²) in [7, 11) is 0. The molecule has 0 bridgehead atoms. The van der Waals surface area contributed by atoms with Gasteiger partial charge in [-0.3, -0.25) is 4.40 Å². The molecule has 2 aromatic heterocycles. The molecule has 0 saturated carbocycles. The normalized spacial score (nSPS) is 10.0. The van der Waals surface area contributed by atoms with Crippen LogP contribution in [0.1, 0.15) is 11.3 Å². The van der Waals surface area contributed by atoms with Crippen LogP contribution in [0.5, 0.6) is 0 Å². The van der Waals surface area contributed by atoms with Crippen LogP contribution in [0.4, 0.5) is 0 Å². The van der Waals surface area contributed by atoms with E-state index in [1.807, 2.05) is 13.0 Å². The van der Waals surface area contributed by atoms with Crippen LogP contribution in [0.25, 0.3) is 5.65 Å². The number of nitrogens with zero attached hydrogens (tertiary/aromatic N) is 4. The molecular formula is C8H6N4. The Labute approximate surface area is 69.1 Å². The third kappa shape index (κ3) is 0.768. The molecule has 58 valence electrons. The molecule has 0 aromatic carbocycles. The highest BCUT2D eigenvalue weighted by atomic mass is 15.2. The highest BCUT2D eigenvalue weighted by Crippen LogP contribution is 2.08. The van der Waals surface area contributed by atoms with Gasteiger partial charge in [-0.2, -0.15) is 5.26 Å². The monoisotopic (exact) mass is 158 g/mol. The van der Waals surface area contributed by atoms with E-state index in [1.165, 1.54) is 0 Å². The smallest absolute Gasteiger partial charge is 0.178 e. The van der Waals surface area contributed by atoms with Gasteiger partial charge in [-0.25, -0.2) is 0 Å². The highest BCUT2D eigenvalue weighted by molar-refractivity contribution is 5.54. The van der Waals surface area contributed by atoms with E-state index in [-0.39, 0.29) is 0 Å². The van der Waals surface area contributed by atoms with Crippen molar-refractivity contribution in [2.24, 2.45) is 0 Å². The Morgan fingerprint density at radius 3 is 3.08 bits per heavy atom. The second-order valence-corrected chi connectivity index (χ2v) is 2.52. The molecule has 2 rings (SSSR count). The quantitative estimate of drug-likeness (QED) is 0.572. The van der Waals surface area contributed by atoms with Gasteiger partial charge in [0, 0.05) is 5.69 Å². The van der Waals surface area contributed by atoms with Crippen molar-refractivity contribution in [2.75, 3.05) is 0 Å². The van der Waals surface area contributed by atoms with Gasteiger partial charge in [-0.1, -0.05) is 0 Å². The molecule has 0 radical (unpaired) electrons. The van der Waals surface area contributed by atoms with Gasteiger partial charge >= 0.3 is 0 Å². The zero-order valence-electron chi connectivity index (χ0n) is 6.52. The number of hydrogen-bond donors (Lipinski definition) is 0. The van der Waals surface area contributed by atoms with Crippen LogP contribution in [-0.2, 0) is 0 Å². The van der Waals surface area contributed by atoms with Crippen LogP contribution >= 0.6 is 0 Å². The molecule has 4 nitrogen and oxygen atoms in total. The number of hydrogen-bond acceptors (Lipinski definition) is 3. The molecule has 4 heteroatoms. The Hall–Kier alpha value is -1.89. The van der Waals surface area contributed by atoms with Gasteiger partial charge in [0.15, 0.2) is 5.65 Å². The lowest BCUT2D eigenvalue weighted by atomic mass is 10.2. The summed E-state index contributed by atoms with van der Waals surface area (Å²) in [5.41, 5.74) is 2.20. The number of rotatable bonds is 0. The lowest BCUT2D eigenvalue weighted by molar-refractivity contribution is 1.07. The van der Waals surface area contributed by atoms with Crippen LogP contribution in [0, 0.1) is 18.3 Å². The number of nitriles is 1. The number of pyridine rings is 1. The molecule has 0 aliphatic rings. The zero-order valence-corrected chi connectivity index (χ0v) is 6.52. The largest absolute Gasteiger partial charge is 0.285 e. The van der Waals surface area contributed by atoms with E-state index in [1.54, 1.807) is 16.8 Å². The minimum absolute atomic E-state index is 0.554. The molecular weight excluding hydrogens is 152 g/mol. The van der Waals surface area contributed by atoms with E-state index in [9.17, 15) is 0 Å². The average molecular weight is 158 g/mol. The van der Waals surface area contributed by atoms with E-state index >= 15 is 0 Å². The van der Waals surface area contributed by atoms with Gasteiger partial charge in [0.25, 0.3) is 0 Å². The van der Waals surface area contributed by atoms with Crippen LogP contribution in [0.3, 0.4) is 0 Å². The van der Waals surface area contributed by atoms with Gasteiger partial charge in [0.2, 0.25) is 0 Å². The molecule has 0 amide bonds. The minimum Gasteiger partial charge on any atom is -0.285 e. The molecule has 0 aliphatic heterocycles. The number of aryl methyl sites for hydroxylation is 1. The molecule has 0 fully saturated rings. The van der Waals surface area contributed by atoms with Crippen LogP contribution in [0.15, 0.2) is 18.5 Å². The summed E-state index contributed by atoms with van der Waals surface area (Å²) in [6.45, 7) is 1.94. The molecule has 0 spiro atoms. The first kappa shape index (κ1) is 6.80. The number of aromatic nitrogens is 3. The van der Waals surface area contributed by atoms with Crippen molar-refractivity contribution in [3.8, 4) is 6.07 Å². The summed E-state index contributed by atoms with van der Waals surface area (Å²) in [6.07, 6.45) is 1.60. The highest BCUT2D eigenvalue weighted by Gasteiger charge is 2.03. The first-order chi connectivity index (χ1) is 5.83. The molecule has 0 aliphatic carbocycles. The maximum Gasteiger partial charge on any atom is 0.178 e. The SMILES string of the molecule is Cc1ccc(C#N)c2nncn12. The predicted octanol–water partition coefficient (Wildman–Crippen LogP) is 0.909. The van der Waals surface area contributed by atoms with Gasteiger partial charge in [0.05, 0.1) is 5.56 Å². The average Bonchev–Trinajstić information content (AvgIpc) is 2.54. The van der Waals surface area contributed by atoms with Gasteiger partial charge in [-0.15, -0.1) is 10.2 Å². The number of fused-ring (bicyclic) bond motifs is 1. The van der Waals surface area contributed by atoms with E-state index in [2.05, 4.69) is 16.3 Å². The molecule has 12 heavy (non-hydrogen) atoms. The second-order valence-electron chi connectivity index (χ2n) is 2.52. The molecule has 2 aromatic rings. The summed E-state index contributed by atoms with van der Waals surface area (Å²) in [6, 6.07) is 5.68. The standard InChI is InChI=1S/C8H6N4/c1-6-2-3-7(4-9)8-11-10-5-12(6)8/h2-3,5H,1H3. The maximum atomic E-state index is 8.71. The van der Waals surface area contributed by atoms with E-state index in [0.717, 1.165) is 5.69 Å². The second kappa shape index (κ2) is 2.31. The third-order valence-corrected chi connectivity index (χ3v) is 1.78. The Morgan fingerprint density at radius 1 is 1.50 bits per heavy atom. The first-order valence-electron chi connectivity index (χ1n) is 3.52. The van der Waals surface area contributed by atoms with Crippen molar-refractivity contribution in [3.05, 3.63) is 29.7 Å². The van der Waals surface area contributed by atoms with Crippen molar-refractivity contribution in [1.29, 1.82) is 5.26 Å². The molecule has 0 atom stereocenters. The van der Waals surface area contributed by atoms with Crippen LogP contribution < -0.4 is 0 Å². The lowest BCUT2D eigenvalue weighted by Crippen LogP contribution is -1.91. The van der Waals surface area contributed by atoms with Crippen molar-refractivity contribution >= 4 is 5.65 Å². The van der Waals surface area contributed by atoms with E-state index in [4.69, 9.17) is 5.26 Å².